The zero-order chi connectivity index (χ0) is 23.2. The molecule has 0 aliphatic rings. The van der Waals surface area contributed by atoms with Crippen molar-refractivity contribution in [2.45, 2.75) is 33.4 Å². The van der Waals surface area contributed by atoms with Gasteiger partial charge in [-0.15, -0.1) is 0 Å². The predicted molar refractivity (Wildman–Crippen MR) is 126 cm³/mol. The maximum absolute atomic E-state index is 13.8. The van der Waals surface area contributed by atoms with Crippen LogP contribution in [0.1, 0.15) is 41.4 Å². The van der Waals surface area contributed by atoms with Crippen LogP contribution in [0.2, 0.25) is 0 Å². The summed E-state index contributed by atoms with van der Waals surface area (Å²) < 4.78 is 19.3. The monoisotopic (exact) mass is 448 g/mol. The van der Waals surface area contributed by atoms with Gasteiger partial charge >= 0.3 is 0 Å². The SMILES string of the molecule is CC(C)CNC(=O)c1coc(CN(CCc2c[nH]c3ccccc23)Cc2cccc(F)c2)n1. The third kappa shape index (κ3) is 6.08. The summed E-state index contributed by atoms with van der Waals surface area (Å²) in [6, 6.07) is 14.8. The lowest BCUT2D eigenvalue weighted by Crippen LogP contribution is -2.28. The molecule has 33 heavy (non-hydrogen) atoms. The zero-order valence-corrected chi connectivity index (χ0v) is 19.0. The highest BCUT2D eigenvalue weighted by Crippen LogP contribution is 2.19. The van der Waals surface area contributed by atoms with Crippen LogP contribution in [0, 0.1) is 11.7 Å². The highest BCUT2D eigenvalue weighted by molar-refractivity contribution is 5.91. The largest absolute Gasteiger partial charge is 0.447 e. The molecule has 0 aliphatic heterocycles. The Bertz CT molecular complexity index is 1210. The lowest BCUT2D eigenvalue weighted by molar-refractivity contribution is 0.0944. The Kier molecular flexibility index (Phi) is 7.19. The second-order valence-corrected chi connectivity index (χ2v) is 8.68. The van der Waals surface area contributed by atoms with Crippen LogP contribution in [0.25, 0.3) is 10.9 Å². The third-order valence-electron chi connectivity index (χ3n) is 5.48. The number of fused-ring (bicyclic) bond motifs is 1. The van der Waals surface area contributed by atoms with E-state index in [2.05, 4.69) is 32.3 Å². The van der Waals surface area contributed by atoms with E-state index >= 15 is 0 Å². The van der Waals surface area contributed by atoms with Crippen molar-refractivity contribution in [3.63, 3.8) is 0 Å². The smallest absolute Gasteiger partial charge is 0.273 e. The molecule has 2 heterocycles. The summed E-state index contributed by atoms with van der Waals surface area (Å²) in [5.41, 5.74) is 3.47. The molecule has 0 saturated heterocycles. The molecule has 4 rings (SSSR count). The van der Waals surface area contributed by atoms with E-state index in [1.807, 2.05) is 38.2 Å². The van der Waals surface area contributed by atoms with Crippen LogP contribution in [0.15, 0.2) is 65.4 Å². The molecular weight excluding hydrogens is 419 g/mol. The van der Waals surface area contributed by atoms with Crippen molar-refractivity contribution in [2.24, 2.45) is 5.92 Å². The summed E-state index contributed by atoms with van der Waals surface area (Å²) in [5, 5.41) is 4.05. The molecule has 0 bridgehead atoms. The van der Waals surface area contributed by atoms with Crippen molar-refractivity contribution < 1.29 is 13.6 Å². The van der Waals surface area contributed by atoms with Gasteiger partial charge in [0, 0.05) is 36.7 Å². The first-order valence-electron chi connectivity index (χ1n) is 11.2. The molecule has 2 aromatic heterocycles. The lowest BCUT2D eigenvalue weighted by Gasteiger charge is -2.21. The number of amides is 1. The van der Waals surface area contributed by atoms with Gasteiger partial charge in [0.2, 0.25) is 5.89 Å². The summed E-state index contributed by atoms with van der Waals surface area (Å²) in [4.78, 5) is 22.1. The van der Waals surface area contributed by atoms with Gasteiger partial charge in [0.05, 0.1) is 6.54 Å². The van der Waals surface area contributed by atoms with Crippen LogP contribution < -0.4 is 5.32 Å². The zero-order valence-electron chi connectivity index (χ0n) is 19.0. The van der Waals surface area contributed by atoms with Crippen molar-refractivity contribution in [2.75, 3.05) is 13.1 Å². The van der Waals surface area contributed by atoms with E-state index in [4.69, 9.17) is 4.42 Å². The molecule has 0 unspecified atom stereocenters. The number of carbonyl (C=O) groups is 1. The summed E-state index contributed by atoms with van der Waals surface area (Å²) in [7, 11) is 0. The van der Waals surface area contributed by atoms with Crippen LogP contribution in [-0.2, 0) is 19.5 Å². The van der Waals surface area contributed by atoms with Crippen LogP contribution in [0.3, 0.4) is 0 Å². The molecule has 0 atom stereocenters. The maximum Gasteiger partial charge on any atom is 0.273 e. The minimum atomic E-state index is -0.260. The van der Waals surface area contributed by atoms with Gasteiger partial charge in [0.25, 0.3) is 5.91 Å². The fraction of sp³-hybridized carbons (Fsp3) is 0.308. The molecule has 172 valence electrons. The Balaban J connectivity index is 1.47. The van der Waals surface area contributed by atoms with Crippen molar-refractivity contribution in [1.82, 2.24) is 20.2 Å². The third-order valence-corrected chi connectivity index (χ3v) is 5.48. The molecule has 2 N–H and O–H groups in total. The van der Waals surface area contributed by atoms with E-state index < -0.39 is 0 Å². The predicted octanol–water partition coefficient (Wildman–Crippen LogP) is 4.93. The number of benzene rings is 2. The van der Waals surface area contributed by atoms with Gasteiger partial charge in [-0.1, -0.05) is 44.2 Å². The molecule has 0 saturated carbocycles. The summed E-state index contributed by atoms with van der Waals surface area (Å²) in [6.45, 7) is 6.32. The Morgan fingerprint density at radius 3 is 2.85 bits per heavy atom. The van der Waals surface area contributed by atoms with Gasteiger partial charge in [-0.25, -0.2) is 9.37 Å². The molecule has 6 nitrogen and oxygen atoms in total. The first-order chi connectivity index (χ1) is 16.0. The number of H-pyrrole nitrogens is 1. The van der Waals surface area contributed by atoms with Crippen LogP contribution in [0.4, 0.5) is 4.39 Å². The Labute approximate surface area is 192 Å². The average Bonchev–Trinajstić information content (AvgIpc) is 3.43. The van der Waals surface area contributed by atoms with E-state index in [0.29, 0.717) is 31.4 Å². The van der Waals surface area contributed by atoms with Crippen LogP contribution >= 0.6 is 0 Å². The fourth-order valence-electron chi connectivity index (χ4n) is 3.79. The normalized spacial score (nSPS) is 11.5. The van der Waals surface area contributed by atoms with Crippen molar-refractivity contribution in [3.05, 3.63) is 89.5 Å². The van der Waals surface area contributed by atoms with E-state index in [1.165, 1.54) is 23.3 Å². The highest BCUT2D eigenvalue weighted by atomic mass is 19.1. The number of aromatic nitrogens is 2. The van der Waals surface area contributed by atoms with Gasteiger partial charge < -0.3 is 14.7 Å². The maximum atomic E-state index is 13.8. The van der Waals surface area contributed by atoms with Crippen molar-refractivity contribution in [3.8, 4) is 0 Å². The molecule has 0 aliphatic carbocycles. The van der Waals surface area contributed by atoms with Gasteiger partial charge in [0.15, 0.2) is 5.69 Å². The fourth-order valence-corrected chi connectivity index (χ4v) is 3.79. The molecular formula is C26H29FN4O2. The minimum Gasteiger partial charge on any atom is -0.447 e. The van der Waals surface area contributed by atoms with Crippen molar-refractivity contribution in [1.29, 1.82) is 0 Å². The van der Waals surface area contributed by atoms with Crippen LogP contribution in [0.5, 0.6) is 0 Å². The van der Waals surface area contributed by atoms with E-state index in [0.717, 1.165) is 24.0 Å². The van der Waals surface area contributed by atoms with Gasteiger partial charge in [-0.3, -0.25) is 9.69 Å². The molecule has 0 spiro atoms. The molecule has 4 aromatic rings. The summed E-state index contributed by atoms with van der Waals surface area (Å²) in [6.07, 6.45) is 4.24. The van der Waals surface area contributed by atoms with E-state index in [1.54, 1.807) is 12.1 Å². The Morgan fingerprint density at radius 1 is 1.18 bits per heavy atom. The van der Waals surface area contributed by atoms with Gasteiger partial charge in [-0.2, -0.15) is 0 Å². The van der Waals surface area contributed by atoms with Crippen molar-refractivity contribution >= 4 is 16.8 Å². The van der Waals surface area contributed by atoms with Gasteiger partial charge in [-0.05, 0) is 41.7 Å². The van der Waals surface area contributed by atoms with Crippen LogP contribution in [-0.4, -0.2) is 33.9 Å². The van der Waals surface area contributed by atoms with E-state index in [-0.39, 0.29) is 17.4 Å². The quantitative estimate of drug-likeness (QED) is 0.361. The second kappa shape index (κ2) is 10.4. The number of halogens is 1. The number of nitrogens with one attached hydrogen (secondary N) is 2. The highest BCUT2D eigenvalue weighted by Gasteiger charge is 2.16. The minimum absolute atomic E-state index is 0.242. The Hall–Kier alpha value is -3.45. The summed E-state index contributed by atoms with van der Waals surface area (Å²) >= 11 is 0. The van der Waals surface area contributed by atoms with Gasteiger partial charge in [0.1, 0.15) is 12.1 Å². The molecule has 1 amide bonds. The number of rotatable bonds is 10. The number of para-hydroxylation sites is 1. The Morgan fingerprint density at radius 2 is 2.03 bits per heavy atom. The number of hydrogen-bond acceptors (Lipinski definition) is 4. The first-order valence-corrected chi connectivity index (χ1v) is 11.2. The summed E-state index contributed by atoms with van der Waals surface area (Å²) in [5.74, 6) is 0.310. The topological polar surface area (TPSA) is 74.2 Å². The number of nitrogens with zero attached hydrogens (tertiary/aromatic N) is 2. The number of carbonyl (C=O) groups excluding carboxylic acids is 1. The lowest BCUT2D eigenvalue weighted by atomic mass is 10.1. The molecule has 0 fully saturated rings. The molecule has 0 radical (unpaired) electrons. The molecule has 2 aromatic carbocycles. The average molecular weight is 449 g/mol. The standard InChI is InChI=1S/C26H29FN4O2/c1-18(2)13-29-26(32)24-17-33-25(30-24)16-31(15-19-6-5-7-21(27)12-19)11-10-20-14-28-23-9-4-3-8-22(20)23/h3-9,12,14,17-18,28H,10-11,13,15-16H2,1-2H3,(H,29,32). The van der Waals surface area contributed by atoms with E-state index in [9.17, 15) is 9.18 Å². The number of oxazole rings is 1. The first kappa shape index (κ1) is 22.7. The second-order valence-electron chi connectivity index (χ2n) is 8.68. The number of aromatic amines is 1. The molecule has 7 heteroatoms. The number of hydrogen-bond donors (Lipinski definition) is 2.